The number of nitrogens with one attached hydrogen (secondary N) is 2. The molecule has 1 unspecified atom stereocenters. The number of sulfonamides is 1. The summed E-state index contributed by atoms with van der Waals surface area (Å²) in [6.07, 6.45) is -1.54. The van der Waals surface area contributed by atoms with Crippen LogP contribution in [0.1, 0.15) is 36.8 Å². The zero-order chi connectivity index (χ0) is 23.3. The molecule has 3 N–H and O–H groups in total. The molecule has 170 valence electrons. The summed E-state index contributed by atoms with van der Waals surface area (Å²) in [5.41, 5.74) is 4.07. The third-order valence-electron chi connectivity index (χ3n) is 5.06. The SMILES string of the molecule is CCCS(=O)(=O)NC(=O)C(CC(=O)O)NC(=O)OCC1c2ccccc2-c2ccccc21. The van der Waals surface area contributed by atoms with Crippen molar-refractivity contribution in [3.05, 3.63) is 59.7 Å². The van der Waals surface area contributed by atoms with E-state index >= 15 is 0 Å². The van der Waals surface area contributed by atoms with Crippen molar-refractivity contribution < 1.29 is 32.6 Å². The van der Waals surface area contributed by atoms with Crippen LogP contribution in [0.5, 0.6) is 0 Å². The summed E-state index contributed by atoms with van der Waals surface area (Å²) in [5.74, 6) is -3.03. The number of aliphatic carboxylic acids is 1. The zero-order valence-corrected chi connectivity index (χ0v) is 18.2. The van der Waals surface area contributed by atoms with Crippen LogP contribution in [0.15, 0.2) is 48.5 Å². The second-order valence-electron chi connectivity index (χ2n) is 7.41. The number of carbonyl (C=O) groups is 3. The van der Waals surface area contributed by atoms with Crippen molar-refractivity contribution in [2.24, 2.45) is 0 Å². The van der Waals surface area contributed by atoms with Crippen LogP contribution in [0.25, 0.3) is 11.1 Å². The molecule has 0 bridgehead atoms. The number of fused-ring (bicyclic) bond motifs is 3. The number of carboxylic acids is 1. The highest BCUT2D eigenvalue weighted by atomic mass is 32.2. The van der Waals surface area contributed by atoms with E-state index in [9.17, 15) is 22.8 Å². The van der Waals surface area contributed by atoms with Gasteiger partial charge < -0.3 is 15.2 Å². The van der Waals surface area contributed by atoms with E-state index in [0.29, 0.717) is 0 Å². The molecule has 0 aromatic heterocycles. The fourth-order valence-electron chi connectivity index (χ4n) is 3.71. The van der Waals surface area contributed by atoms with Gasteiger partial charge in [0, 0.05) is 5.92 Å². The van der Waals surface area contributed by atoms with E-state index in [2.05, 4.69) is 5.32 Å². The van der Waals surface area contributed by atoms with Gasteiger partial charge in [-0.25, -0.2) is 13.2 Å². The Balaban J connectivity index is 1.68. The van der Waals surface area contributed by atoms with Crippen molar-refractivity contribution in [1.82, 2.24) is 10.0 Å². The molecule has 0 saturated carbocycles. The molecule has 10 heteroatoms. The first kappa shape index (κ1) is 23.3. The summed E-state index contributed by atoms with van der Waals surface area (Å²) in [5, 5.41) is 11.2. The van der Waals surface area contributed by atoms with Crippen LogP contribution in [0.2, 0.25) is 0 Å². The highest BCUT2D eigenvalue weighted by Crippen LogP contribution is 2.44. The Morgan fingerprint density at radius 3 is 2.12 bits per heavy atom. The van der Waals surface area contributed by atoms with Crippen LogP contribution >= 0.6 is 0 Å². The Kier molecular flexibility index (Phi) is 7.14. The monoisotopic (exact) mass is 460 g/mol. The first-order chi connectivity index (χ1) is 15.2. The van der Waals surface area contributed by atoms with E-state index in [1.165, 1.54) is 0 Å². The zero-order valence-electron chi connectivity index (χ0n) is 17.4. The Morgan fingerprint density at radius 2 is 1.59 bits per heavy atom. The van der Waals surface area contributed by atoms with E-state index in [1.807, 2.05) is 48.5 Å². The second-order valence-corrected chi connectivity index (χ2v) is 9.25. The van der Waals surface area contributed by atoms with Gasteiger partial charge >= 0.3 is 12.1 Å². The predicted octanol–water partition coefficient (Wildman–Crippen LogP) is 2.22. The van der Waals surface area contributed by atoms with Crippen molar-refractivity contribution in [2.75, 3.05) is 12.4 Å². The average molecular weight is 461 g/mol. The fraction of sp³-hybridized carbons (Fsp3) is 0.318. The molecule has 2 amide bonds. The first-order valence-corrected chi connectivity index (χ1v) is 11.7. The summed E-state index contributed by atoms with van der Waals surface area (Å²) >= 11 is 0. The number of carbonyl (C=O) groups excluding carboxylic acids is 2. The smallest absolute Gasteiger partial charge is 0.407 e. The Labute approximate surface area is 185 Å². The van der Waals surface area contributed by atoms with Crippen LogP contribution in [0.4, 0.5) is 4.79 Å². The van der Waals surface area contributed by atoms with Crippen LogP contribution < -0.4 is 10.0 Å². The largest absolute Gasteiger partial charge is 0.481 e. The normalized spacial score (nSPS) is 13.5. The lowest BCUT2D eigenvalue weighted by Gasteiger charge is -2.18. The lowest BCUT2D eigenvalue weighted by Crippen LogP contribution is -2.50. The van der Waals surface area contributed by atoms with E-state index in [4.69, 9.17) is 9.84 Å². The highest BCUT2D eigenvalue weighted by Gasteiger charge is 2.31. The highest BCUT2D eigenvalue weighted by molar-refractivity contribution is 7.90. The summed E-state index contributed by atoms with van der Waals surface area (Å²) < 4.78 is 30.8. The molecule has 2 aromatic carbocycles. The van der Waals surface area contributed by atoms with Crippen molar-refractivity contribution in [3.63, 3.8) is 0 Å². The van der Waals surface area contributed by atoms with Gasteiger partial charge in [0.25, 0.3) is 5.91 Å². The van der Waals surface area contributed by atoms with Gasteiger partial charge in [-0.2, -0.15) is 0 Å². The van der Waals surface area contributed by atoms with Crippen molar-refractivity contribution >= 4 is 28.0 Å². The van der Waals surface area contributed by atoms with Gasteiger partial charge in [-0.15, -0.1) is 0 Å². The maximum atomic E-state index is 12.4. The van der Waals surface area contributed by atoms with Gasteiger partial charge in [-0.05, 0) is 28.7 Å². The fourth-order valence-corrected chi connectivity index (χ4v) is 4.80. The van der Waals surface area contributed by atoms with Gasteiger partial charge in [0.15, 0.2) is 0 Å². The van der Waals surface area contributed by atoms with Crippen LogP contribution in [0.3, 0.4) is 0 Å². The van der Waals surface area contributed by atoms with Gasteiger partial charge in [-0.1, -0.05) is 55.5 Å². The third-order valence-corrected chi connectivity index (χ3v) is 6.52. The summed E-state index contributed by atoms with van der Waals surface area (Å²) in [6, 6.07) is 13.9. The van der Waals surface area contributed by atoms with Gasteiger partial charge in [0.05, 0.1) is 12.2 Å². The quantitative estimate of drug-likeness (QED) is 0.521. The number of benzene rings is 2. The molecule has 0 aliphatic heterocycles. The van der Waals surface area contributed by atoms with Crippen LogP contribution in [-0.4, -0.2) is 49.9 Å². The molecular formula is C22H24N2O7S. The summed E-state index contributed by atoms with van der Waals surface area (Å²) in [6.45, 7) is 1.59. The summed E-state index contributed by atoms with van der Waals surface area (Å²) in [4.78, 5) is 35.7. The van der Waals surface area contributed by atoms with E-state index in [1.54, 1.807) is 11.6 Å². The molecule has 2 aromatic rings. The molecule has 32 heavy (non-hydrogen) atoms. The first-order valence-electron chi connectivity index (χ1n) is 10.1. The molecule has 1 aliphatic carbocycles. The summed E-state index contributed by atoms with van der Waals surface area (Å²) in [7, 11) is -3.92. The number of ether oxygens (including phenoxy) is 1. The van der Waals surface area contributed by atoms with Crippen molar-refractivity contribution in [1.29, 1.82) is 0 Å². The number of alkyl carbamates (subject to hydrolysis) is 1. The van der Waals surface area contributed by atoms with Crippen LogP contribution in [0, 0.1) is 0 Å². The Bertz CT molecular complexity index is 1090. The molecule has 3 rings (SSSR count). The molecule has 0 spiro atoms. The lowest BCUT2D eigenvalue weighted by molar-refractivity contribution is -0.139. The van der Waals surface area contributed by atoms with Crippen LogP contribution in [-0.2, 0) is 24.3 Å². The third kappa shape index (κ3) is 5.44. The van der Waals surface area contributed by atoms with E-state index in [0.717, 1.165) is 22.3 Å². The maximum absolute atomic E-state index is 12.4. The molecule has 0 heterocycles. The standard InChI is InChI=1S/C22H24N2O7S/c1-2-11-32(29,30)24-21(27)19(12-20(25)26)23-22(28)31-13-18-16-9-5-3-7-14(16)15-8-4-6-10-17(15)18/h3-10,18-19H,2,11-13H2,1H3,(H,23,28)(H,24,27)(H,25,26). The topological polar surface area (TPSA) is 139 Å². The van der Waals surface area contributed by atoms with Gasteiger partial charge in [0.1, 0.15) is 12.6 Å². The Hall–Kier alpha value is -3.40. The molecule has 0 radical (unpaired) electrons. The number of carboxylic acid groups (broad SMARTS) is 1. The molecule has 0 fully saturated rings. The van der Waals surface area contributed by atoms with Gasteiger partial charge in [-0.3, -0.25) is 14.3 Å². The van der Waals surface area contributed by atoms with E-state index in [-0.39, 0.29) is 24.7 Å². The number of rotatable bonds is 9. The number of hydrogen-bond acceptors (Lipinski definition) is 6. The minimum Gasteiger partial charge on any atom is -0.481 e. The number of amides is 2. The average Bonchev–Trinajstić information content (AvgIpc) is 3.05. The molecular weight excluding hydrogens is 436 g/mol. The van der Waals surface area contributed by atoms with Crippen molar-refractivity contribution in [3.8, 4) is 11.1 Å². The molecule has 1 aliphatic rings. The Morgan fingerprint density at radius 1 is 1.03 bits per heavy atom. The van der Waals surface area contributed by atoms with E-state index < -0.39 is 40.5 Å². The predicted molar refractivity (Wildman–Crippen MR) is 116 cm³/mol. The second kappa shape index (κ2) is 9.82. The molecule has 0 saturated heterocycles. The minimum atomic E-state index is -3.92. The molecule has 1 atom stereocenters. The number of hydrogen-bond donors (Lipinski definition) is 3. The van der Waals surface area contributed by atoms with Gasteiger partial charge in [0.2, 0.25) is 10.0 Å². The minimum absolute atomic E-state index is 0.0323. The van der Waals surface area contributed by atoms with Crippen molar-refractivity contribution in [2.45, 2.75) is 31.7 Å². The molecule has 9 nitrogen and oxygen atoms in total. The lowest BCUT2D eigenvalue weighted by atomic mass is 9.98. The maximum Gasteiger partial charge on any atom is 0.407 e.